The zero-order chi connectivity index (χ0) is 16.5. The number of amides is 2. The lowest BCUT2D eigenvalue weighted by Gasteiger charge is -2.11. The lowest BCUT2D eigenvalue weighted by atomic mass is 10.2. The van der Waals surface area contributed by atoms with Gasteiger partial charge in [-0.1, -0.05) is 36.4 Å². The Morgan fingerprint density at radius 3 is 2.29 bits per heavy atom. The smallest absolute Gasteiger partial charge is 0.242 e. The highest BCUT2D eigenvalue weighted by Gasteiger charge is 2.25. The van der Waals surface area contributed by atoms with E-state index >= 15 is 0 Å². The summed E-state index contributed by atoms with van der Waals surface area (Å²) in [5, 5.41) is 7.95. The van der Waals surface area contributed by atoms with Gasteiger partial charge in [0, 0.05) is 41.3 Å². The van der Waals surface area contributed by atoms with E-state index in [0.717, 1.165) is 11.0 Å². The van der Waals surface area contributed by atoms with Crippen molar-refractivity contribution in [3.8, 4) is 0 Å². The van der Waals surface area contributed by atoms with Crippen molar-refractivity contribution in [2.75, 3.05) is 6.54 Å². The van der Waals surface area contributed by atoms with Gasteiger partial charge in [0.05, 0.1) is 0 Å². The Balaban J connectivity index is 1.57. The molecule has 2 heterocycles. The standard InChI is InChI=1S/C19H19N3O2/c23-18(21-15-9-11-20-19(15)24)10-12-22-16-7-3-1-5-13(16)14-6-2-4-8-17(14)22/h1-8,15H,9-12H2,(H,20,24)(H,21,23)/t15-/m0/s1. The number of aryl methyl sites for hydroxylation is 1. The zero-order valence-corrected chi connectivity index (χ0v) is 13.3. The monoisotopic (exact) mass is 321 g/mol. The summed E-state index contributed by atoms with van der Waals surface area (Å²) in [7, 11) is 0. The quantitative estimate of drug-likeness (QED) is 0.774. The van der Waals surface area contributed by atoms with Gasteiger partial charge >= 0.3 is 0 Å². The zero-order valence-electron chi connectivity index (χ0n) is 13.3. The van der Waals surface area contributed by atoms with Gasteiger partial charge in [-0.2, -0.15) is 0 Å². The van der Waals surface area contributed by atoms with Crippen LogP contribution in [0.5, 0.6) is 0 Å². The fourth-order valence-corrected chi connectivity index (χ4v) is 3.46. The molecule has 24 heavy (non-hydrogen) atoms. The summed E-state index contributed by atoms with van der Waals surface area (Å²) >= 11 is 0. The van der Waals surface area contributed by atoms with Crippen molar-refractivity contribution in [3.63, 3.8) is 0 Å². The molecule has 2 amide bonds. The van der Waals surface area contributed by atoms with Crippen LogP contribution < -0.4 is 10.6 Å². The fourth-order valence-electron chi connectivity index (χ4n) is 3.46. The molecular weight excluding hydrogens is 302 g/mol. The predicted molar refractivity (Wildman–Crippen MR) is 93.6 cm³/mol. The van der Waals surface area contributed by atoms with Crippen LogP contribution in [-0.4, -0.2) is 29.0 Å². The maximum Gasteiger partial charge on any atom is 0.242 e. The molecule has 1 aromatic heterocycles. The van der Waals surface area contributed by atoms with Gasteiger partial charge in [-0.3, -0.25) is 9.59 Å². The summed E-state index contributed by atoms with van der Waals surface area (Å²) in [6.45, 7) is 1.23. The van der Waals surface area contributed by atoms with Crippen molar-refractivity contribution in [2.24, 2.45) is 0 Å². The molecule has 1 fully saturated rings. The number of hydrogen-bond acceptors (Lipinski definition) is 2. The minimum Gasteiger partial charge on any atom is -0.354 e. The van der Waals surface area contributed by atoms with Gasteiger partial charge in [-0.05, 0) is 18.6 Å². The van der Waals surface area contributed by atoms with E-state index in [2.05, 4.69) is 39.5 Å². The molecular formula is C19H19N3O2. The largest absolute Gasteiger partial charge is 0.354 e. The molecule has 5 nitrogen and oxygen atoms in total. The number of aromatic nitrogens is 1. The Kier molecular flexibility index (Phi) is 3.69. The predicted octanol–water partition coefficient (Wildman–Crippen LogP) is 2.19. The van der Waals surface area contributed by atoms with Crippen molar-refractivity contribution in [3.05, 3.63) is 48.5 Å². The molecule has 0 spiro atoms. The van der Waals surface area contributed by atoms with Crippen molar-refractivity contribution < 1.29 is 9.59 Å². The van der Waals surface area contributed by atoms with E-state index in [4.69, 9.17) is 0 Å². The molecule has 1 atom stereocenters. The van der Waals surface area contributed by atoms with E-state index in [1.54, 1.807) is 0 Å². The molecule has 0 saturated carbocycles. The van der Waals surface area contributed by atoms with Crippen LogP contribution in [0.4, 0.5) is 0 Å². The van der Waals surface area contributed by atoms with Gasteiger partial charge in [0.15, 0.2) is 0 Å². The summed E-state index contributed by atoms with van der Waals surface area (Å²) < 4.78 is 2.18. The molecule has 0 bridgehead atoms. The number of hydrogen-bond donors (Lipinski definition) is 2. The highest BCUT2D eigenvalue weighted by atomic mass is 16.2. The number of fused-ring (bicyclic) bond motifs is 3. The molecule has 2 aromatic carbocycles. The molecule has 122 valence electrons. The Hall–Kier alpha value is -2.82. The first-order chi connectivity index (χ1) is 11.7. The lowest BCUT2D eigenvalue weighted by molar-refractivity contribution is -0.127. The summed E-state index contributed by atoms with van der Waals surface area (Å²) in [4.78, 5) is 23.8. The first-order valence-electron chi connectivity index (χ1n) is 8.27. The van der Waals surface area contributed by atoms with Gasteiger partial charge in [0.25, 0.3) is 0 Å². The number of benzene rings is 2. The molecule has 1 aliphatic heterocycles. The lowest BCUT2D eigenvalue weighted by Crippen LogP contribution is -2.40. The van der Waals surface area contributed by atoms with E-state index in [1.165, 1.54) is 10.8 Å². The Bertz CT molecular complexity index is 875. The van der Waals surface area contributed by atoms with Gasteiger partial charge < -0.3 is 15.2 Å². The Morgan fingerprint density at radius 2 is 1.71 bits per heavy atom. The molecule has 1 aliphatic rings. The van der Waals surface area contributed by atoms with Crippen LogP contribution in [0, 0.1) is 0 Å². The first-order valence-corrected chi connectivity index (χ1v) is 8.27. The maximum atomic E-state index is 12.2. The molecule has 1 saturated heterocycles. The van der Waals surface area contributed by atoms with Gasteiger partial charge in [-0.25, -0.2) is 0 Å². The third-order valence-corrected chi connectivity index (χ3v) is 4.63. The molecule has 0 unspecified atom stereocenters. The third-order valence-electron chi connectivity index (χ3n) is 4.63. The van der Waals surface area contributed by atoms with E-state index in [9.17, 15) is 9.59 Å². The highest BCUT2D eigenvalue weighted by molar-refractivity contribution is 6.08. The minimum absolute atomic E-state index is 0.0831. The van der Waals surface area contributed by atoms with E-state index in [1.807, 2.05) is 24.3 Å². The van der Waals surface area contributed by atoms with Gasteiger partial charge in [-0.15, -0.1) is 0 Å². The fraction of sp³-hybridized carbons (Fsp3) is 0.263. The first kappa shape index (κ1) is 14.8. The maximum absolute atomic E-state index is 12.2. The van der Waals surface area contributed by atoms with Crippen molar-refractivity contribution in [2.45, 2.75) is 25.4 Å². The average molecular weight is 321 g/mol. The second-order valence-electron chi connectivity index (χ2n) is 6.14. The van der Waals surface area contributed by atoms with Gasteiger partial charge in [0.1, 0.15) is 6.04 Å². The molecule has 5 heteroatoms. The van der Waals surface area contributed by atoms with Crippen molar-refractivity contribution in [1.29, 1.82) is 0 Å². The number of nitrogens with zero attached hydrogens (tertiary/aromatic N) is 1. The van der Waals surface area contributed by atoms with Crippen LogP contribution in [0.2, 0.25) is 0 Å². The molecule has 2 N–H and O–H groups in total. The van der Waals surface area contributed by atoms with Crippen LogP contribution in [-0.2, 0) is 16.1 Å². The van der Waals surface area contributed by atoms with Crippen LogP contribution >= 0.6 is 0 Å². The van der Waals surface area contributed by atoms with Gasteiger partial charge in [0.2, 0.25) is 11.8 Å². The average Bonchev–Trinajstić information content (AvgIpc) is 3.15. The second kappa shape index (κ2) is 6.00. The van der Waals surface area contributed by atoms with Crippen LogP contribution in [0.15, 0.2) is 48.5 Å². The third kappa shape index (κ3) is 2.52. The topological polar surface area (TPSA) is 63.1 Å². The molecule has 0 radical (unpaired) electrons. The summed E-state index contributed by atoms with van der Waals surface area (Å²) in [6, 6.07) is 16.1. The number of carbonyl (C=O) groups is 2. The SMILES string of the molecule is O=C(CCn1c2ccccc2c2ccccc21)N[C@H]1CCNC1=O. The van der Waals surface area contributed by atoms with Crippen molar-refractivity contribution in [1.82, 2.24) is 15.2 Å². The molecule has 3 aromatic rings. The summed E-state index contributed by atoms with van der Waals surface area (Å²) in [5.74, 6) is -0.167. The van der Waals surface area contributed by atoms with Crippen molar-refractivity contribution >= 4 is 33.6 Å². The second-order valence-corrected chi connectivity index (χ2v) is 6.14. The summed E-state index contributed by atoms with van der Waals surface area (Å²) in [5.41, 5.74) is 2.26. The normalized spacial score (nSPS) is 17.3. The highest BCUT2D eigenvalue weighted by Crippen LogP contribution is 2.28. The molecule has 4 rings (SSSR count). The van der Waals surface area contributed by atoms with E-state index in [-0.39, 0.29) is 17.9 Å². The number of nitrogens with one attached hydrogen (secondary N) is 2. The molecule has 0 aliphatic carbocycles. The van der Waals surface area contributed by atoms with Crippen LogP contribution in [0.1, 0.15) is 12.8 Å². The van der Waals surface area contributed by atoms with E-state index < -0.39 is 0 Å². The number of para-hydroxylation sites is 2. The minimum atomic E-state index is -0.379. The number of rotatable bonds is 4. The van der Waals surface area contributed by atoms with Crippen LogP contribution in [0.3, 0.4) is 0 Å². The number of carbonyl (C=O) groups excluding carboxylic acids is 2. The Morgan fingerprint density at radius 1 is 1.08 bits per heavy atom. The van der Waals surface area contributed by atoms with E-state index in [0.29, 0.717) is 25.9 Å². The van der Waals surface area contributed by atoms with Crippen LogP contribution in [0.25, 0.3) is 21.8 Å². The Labute approximate surface area is 139 Å². The summed E-state index contributed by atoms with van der Waals surface area (Å²) in [6.07, 6.45) is 1.02.